The number of benzene rings is 2. The van der Waals surface area contributed by atoms with E-state index in [9.17, 15) is 4.79 Å². The number of carbonyl (C=O) groups is 1. The lowest BCUT2D eigenvalue weighted by atomic mass is 9.82. The molecule has 0 heterocycles. The molecular formula is C17H18BrNO. The molecule has 0 atom stereocenters. The van der Waals surface area contributed by atoms with Crippen LogP contribution in [0, 0.1) is 0 Å². The fraction of sp³-hybridized carbons (Fsp3) is 0.235. The minimum atomic E-state index is -0.0768. The molecule has 0 fully saturated rings. The van der Waals surface area contributed by atoms with Gasteiger partial charge >= 0.3 is 0 Å². The Bertz CT molecular complexity index is 656. The van der Waals surface area contributed by atoms with Crippen LogP contribution in [0.3, 0.4) is 0 Å². The highest BCUT2D eigenvalue weighted by Crippen LogP contribution is 2.29. The first-order valence-electron chi connectivity index (χ1n) is 6.50. The second-order valence-electron chi connectivity index (χ2n) is 5.86. The van der Waals surface area contributed by atoms with Gasteiger partial charge in [0.25, 0.3) is 0 Å². The van der Waals surface area contributed by atoms with Gasteiger partial charge in [-0.2, -0.15) is 0 Å². The average molecular weight is 332 g/mol. The Kier molecular flexibility index (Phi) is 4.00. The van der Waals surface area contributed by atoms with Crippen molar-refractivity contribution in [2.45, 2.75) is 26.2 Å². The number of nitrogen functional groups attached to an aromatic ring is 1. The van der Waals surface area contributed by atoms with E-state index in [1.807, 2.05) is 24.3 Å². The maximum absolute atomic E-state index is 12.8. The SMILES string of the molecule is CC(C)(C)c1ccccc1C(=O)c1ccc(N)cc1Br. The van der Waals surface area contributed by atoms with E-state index in [4.69, 9.17) is 5.73 Å². The average Bonchev–Trinajstić information content (AvgIpc) is 2.37. The zero-order valence-electron chi connectivity index (χ0n) is 11.9. The molecule has 0 bridgehead atoms. The van der Waals surface area contributed by atoms with E-state index in [0.29, 0.717) is 11.3 Å². The van der Waals surface area contributed by atoms with E-state index >= 15 is 0 Å². The van der Waals surface area contributed by atoms with Crippen molar-refractivity contribution in [1.29, 1.82) is 0 Å². The Balaban J connectivity index is 2.55. The molecule has 0 saturated carbocycles. The molecule has 0 amide bonds. The largest absolute Gasteiger partial charge is 0.399 e. The van der Waals surface area contributed by atoms with Gasteiger partial charge in [-0.15, -0.1) is 0 Å². The van der Waals surface area contributed by atoms with E-state index in [0.717, 1.165) is 15.6 Å². The van der Waals surface area contributed by atoms with Gasteiger partial charge in [0, 0.05) is 21.3 Å². The third-order valence-electron chi connectivity index (χ3n) is 3.22. The number of halogens is 1. The fourth-order valence-electron chi connectivity index (χ4n) is 2.20. The van der Waals surface area contributed by atoms with Crippen LogP contribution < -0.4 is 5.73 Å². The number of hydrogen-bond donors (Lipinski definition) is 1. The van der Waals surface area contributed by atoms with Gasteiger partial charge < -0.3 is 5.73 Å². The zero-order valence-corrected chi connectivity index (χ0v) is 13.5. The number of carbonyl (C=O) groups excluding carboxylic acids is 1. The second kappa shape index (κ2) is 5.41. The maximum atomic E-state index is 12.8. The summed E-state index contributed by atoms with van der Waals surface area (Å²) in [5.74, 6) is 0.0161. The summed E-state index contributed by atoms with van der Waals surface area (Å²) in [5, 5.41) is 0. The van der Waals surface area contributed by atoms with Gasteiger partial charge in [-0.1, -0.05) is 45.0 Å². The molecular weight excluding hydrogens is 314 g/mol. The smallest absolute Gasteiger partial charge is 0.194 e. The van der Waals surface area contributed by atoms with Gasteiger partial charge in [-0.05, 0) is 45.1 Å². The van der Waals surface area contributed by atoms with Crippen molar-refractivity contribution in [2.24, 2.45) is 0 Å². The van der Waals surface area contributed by atoms with Gasteiger partial charge in [0.05, 0.1) is 0 Å². The van der Waals surface area contributed by atoms with Gasteiger partial charge in [0.2, 0.25) is 0 Å². The van der Waals surface area contributed by atoms with Crippen LogP contribution in [0.15, 0.2) is 46.9 Å². The molecule has 0 aromatic heterocycles. The number of nitrogens with two attached hydrogens (primary N) is 1. The monoisotopic (exact) mass is 331 g/mol. The van der Waals surface area contributed by atoms with Crippen LogP contribution in [0.2, 0.25) is 0 Å². The predicted molar refractivity (Wildman–Crippen MR) is 87.1 cm³/mol. The third kappa shape index (κ3) is 2.93. The number of rotatable bonds is 2. The van der Waals surface area contributed by atoms with Crippen molar-refractivity contribution in [2.75, 3.05) is 5.73 Å². The van der Waals surface area contributed by atoms with Crippen LogP contribution >= 0.6 is 15.9 Å². The summed E-state index contributed by atoms with van der Waals surface area (Å²) in [4.78, 5) is 12.8. The molecule has 0 unspecified atom stereocenters. The Labute approximate surface area is 128 Å². The van der Waals surface area contributed by atoms with Crippen molar-refractivity contribution in [3.05, 3.63) is 63.6 Å². The van der Waals surface area contributed by atoms with E-state index in [-0.39, 0.29) is 11.2 Å². The lowest BCUT2D eigenvalue weighted by molar-refractivity contribution is 0.103. The first-order valence-corrected chi connectivity index (χ1v) is 7.29. The predicted octanol–water partition coefficient (Wildman–Crippen LogP) is 4.56. The van der Waals surface area contributed by atoms with Gasteiger partial charge in [-0.3, -0.25) is 4.79 Å². The summed E-state index contributed by atoms with van der Waals surface area (Å²) in [5.41, 5.74) is 8.71. The topological polar surface area (TPSA) is 43.1 Å². The van der Waals surface area contributed by atoms with E-state index in [1.54, 1.807) is 18.2 Å². The fourth-order valence-corrected chi connectivity index (χ4v) is 2.77. The highest BCUT2D eigenvalue weighted by Gasteiger charge is 2.22. The summed E-state index contributed by atoms with van der Waals surface area (Å²) >= 11 is 3.42. The first-order chi connectivity index (χ1) is 9.30. The van der Waals surface area contributed by atoms with Gasteiger partial charge in [-0.25, -0.2) is 0 Å². The van der Waals surface area contributed by atoms with Crippen molar-refractivity contribution >= 4 is 27.4 Å². The van der Waals surface area contributed by atoms with Crippen LogP contribution in [-0.2, 0) is 5.41 Å². The molecule has 2 aromatic carbocycles. The maximum Gasteiger partial charge on any atom is 0.194 e. The highest BCUT2D eigenvalue weighted by molar-refractivity contribution is 9.10. The van der Waals surface area contributed by atoms with E-state index < -0.39 is 0 Å². The summed E-state index contributed by atoms with van der Waals surface area (Å²) in [6.07, 6.45) is 0. The standard InChI is InChI=1S/C17H18BrNO/c1-17(2,3)14-7-5-4-6-12(14)16(20)13-9-8-11(19)10-15(13)18/h4-10H,19H2,1-3H3. The van der Waals surface area contributed by atoms with Crippen LogP contribution in [0.1, 0.15) is 42.3 Å². The lowest BCUT2D eigenvalue weighted by Gasteiger charge is -2.22. The van der Waals surface area contributed by atoms with Gasteiger partial charge in [0.15, 0.2) is 5.78 Å². The summed E-state index contributed by atoms with van der Waals surface area (Å²) in [6, 6.07) is 13.0. The molecule has 20 heavy (non-hydrogen) atoms. The molecule has 104 valence electrons. The number of hydrogen-bond acceptors (Lipinski definition) is 2. The minimum absolute atomic E-state index is 0.0161. The third-order valence-corrected chi connectivity index (χ3v) is 3.87. The molecule has 0 aliphatic carbocycles. The highest BCUT2D eigenvalue weighted by atomic mass is 79.9. The molecule has 0 aliphatic heterocycles. The molecule has 0 spiro atoms. The molecule has 0 saturated heterocycles. The summed E-state index contributed by atoms with van der Waals surface area (Å²) in [6.45, 7) is 6.32. The minimum Gasteiger partial charge on any atom is -0.399 e. The Hall–Kier alpha value is -1.61. The van der Waals surface area contributed by atoms with Crippen LogP contribution in [0.5, 0.6) is 0 Å². The van der Waals surface area contributed by atoms with Gasteiger partial charge in [0.1, 0.15) is 0 Å². The van der Waals surface area contributed by atoms with Crippen molar-refractivity contribution < 1.29 is 4.79 Å². The van der Waals surface area contributed by atoms with Crippen molar-refractivity contribution in [3.63, 3.8) is 0 Å². The normalized spacial score (nSPS) is 11.4. The molecule has 2 nitrogen and oxygen atoms in total. The number of ketones is 1. The Morgan fingerprint density at radius 2 is 1.70 bits per heavy atom. The molecule has 0 radical (unpaired) electrons. The second-order valence-corrected chi connectivity index (χ2v) is 6.72. The zero-order chi connectivity index (χ0) is 14.9. The Morgan fingerprint density at radius 1 is 1.05 bits per heavy atom. The molecule has 2 rings (SSSR count). The summed E-state index contributed by atoms with van der Waals surface area (Å²) < 4.78 is 0.728. The molecule has 2 aromatic rings. The van der Waals surface area contributed by atoms with Crippen LogP contribution in [-0.4, -0.2) is 5.78 Å². The molecule has 3 heteroatoms. The lowest BCUT2D eigenvalue weighted by Crippen LogP contribution is -2.17. The van der Waals surface area contributed by atoms with Crippen molar-refractivity contribution in [3.8, 4) is 0 Å². The molecule has 0 aliphatic rings. The summed E-state index contributed by atoms with van der Waals surface area (Å²) in [7, 11) is 0. The first kappa shape index (κ1) is 14.8. The number of anilines is 1. The van der Waals surface area contributed by atoms with E-state index in [2.05, 4.69) is 36.7 Å². The van der Waals surface area contributed by atoms with Crippen LogP contribution in [0.4, 0.5) is 5.69 Å². The van der Waals surface area contributed by atoms with E-state index in [1.165, 1.54) is 0 Å². The van der Waals surface area contributed by atoms with Crippen molar-refractivity contribution in [1.82, 2.24) is 0 Å². The van der Waals surface area contributed by atoms with Crippen LogP contribution in [0.25, 0.3) is 0 Å². The quantitative estimate of drug-likeness (QED) is 0.647. The Morgan fingerprint density at radius 3 is 2.30 bits per heavy atom. The molecule has 2 N–H and O–H groups in total.